The van der Waals surface area contributed by atoms with E-state index in [1.54, 1.807) is 0 Å². The molecule has 0 fully saturated rings. The summed E-state index contributed by atoms with van der Waals surface area (Å²) in [4.78, 5) is 0. The average Bonchev–Trinajstić information content (AvgIpc) is 3.01. The number of halogens is 1. The second-order valence-electron chi connectivity index (χ2n) is 14.9. The van der Waals surface area contributed by atoms with Crippen molar-refractivity contribution in [2.75, 3.05) is 0 Å². The maximum Gasteiger partial charge on any atom is -0.171 e. The predicted octanol–water partition coefficient (Wildman–Crippen LogP) is 14.0. The van der Waals surface area contributed by atoms with Gasteiger partial charge in [0.1, 0.15) is 0 Å². The van der Waals surface area contributed by atoms with Crippen molar-refractivity contribution < 1.29 is 17.3 Å². The van der Waals surface area contributed by atoms with Crippen molar-refractivity contribution in [3.05, 3.63) is 145 Å². The van der Waals surface area contributed by atoms with Gasteiger partial charge in [0.05, 0.1) is 0 Å². The Morgan fingerprint density at radius 1 is 0.447 bits per heavy atom. The van der Waals surface area contributed by atoms with E-state index >= 15 is 0 Å². The van der Waals surface area contributed by atoms with Gasteiger partial charge < -0.3 is 0 Å². The Morgan fingerprint density at radius 3 is 0.830 bits per heavy atom. The molecule has 5 heteroatoms. The molecule has 47 heavy (non-hydrogen) atoms. The summed E-state index contributed by atoms with van der Waals surface area (Å²) >= 11 is 1.82. The van der Waals surface area contributed by atoms with E-state index in [0.717, 1.165) is 0 Å². The molecule has 4 aromatic carbocycles. The third kappa shape index (κ3) is 24.0. The van der Waals surface area contributed by atoms with E-state index in [1.807, 2.05) is 108 Å². The zero-order valence-corrected chi connectivity index (χ0v) is 36.9. The summed E-state index contributed by atoms with van der Waals surface area (Å²) in [6, 6.07) is 47.0. The molecule has 0 aromatic heterocycles. The van der Waals surface area contributed by atoms with Crippen LogP contribution in [0.4, 0.5) is 0 Å². The Labute approximate surface area is 311 Å². The molecule has 0 spiro atoms. The van der Waals surface area contributed by atoms with Gasteiger partial charge in [0.15, 0.2) is 0 Å². The first kappa shape index (κ1) is 48.2. The first-order valence-electron chi connectivity index (χ1n) is 15.9. The minimum Gasteiger partial charge on any atom is -0.184 e. The van der Waals surface area contributed by atoms with E-state index in [9.17, 15) is 0 Å². The minimum absolute atomic E-state index is 0. The summed E-state index contributed by atoms with van der Waals surface area (Å²) in [5, 5.41) is 1.53. The molecule has 0 radical (unpaired) electrons. The van der Waals surface area contributed by atoms with Crippen LogP contribution in [0.25, 0.3) is 0 Å². The molecule has 0 aliphatic rings. The van der Waals surface area contributed by atoms with Gasteiger partial charge in [0.25, 0.3) is 0 Å². The van der Waals surface area contributed by atoms with E-state index < -0.39 is 0 Å². The first-order chi connectivity index (χ1) is 21.4. The summed E-state index contributed by atoms with van der Waals surface area (Å²) < 4.78 is 0. The molecule has 0 saturated carbocycles. The van der Waals surface area contributed by atoms with Gasteiger partial charge in [-0.05, 0) is 44.1 Å². The maximum absolute atomic E-state index is 4.57. The van der Waals surface area contributed by atoms with E-state index in [2.05, 4.69) is 135 Å². The molecule has 0 nitrogen and oxygen atoms in total. The van der Waals surface area contributed by atoms with E-state index in [-0.39, 0.29) is 25.7 Å². The van der Waals surface area contributed by atoms with Crippen LogP contribution in [0.2, 0.25) is 0 Å². The molecule has 0 aliphatic heterocycles. The largest absolute Gasteiger partial charge is 0.184 e. The molecule has 0 N–H and O–H groups in total. The van der Waals surface area contributed by atoms with Crippen LogP contribution in [0.3, 0.4) is 0 Å². The van der Waals surface area contributed by atoms with Crippen LogP contribution in [0.15, 0.2) is 115 Å². The second kappa shape index (κ2) is 25.1. The number of benzene rings is 4. The van der Waals surface area contributed by atoms with E-state index in [1.165, 1.54) is 23.5 Å². The molecule has 1 atom stereocenters. The SMILES string of the molecule is CC(C)(C)P(Cc1cccc(CP(C(C)(C)C)C(C)(C)C)c1)C(C)(C)C.P.[Cl][Ru+3].[c-]1ccccc1.[c-]1ccccc1.[c-]1ccccc1. The molecular formula is C42H62ClP3Ru. The van der Waals surface area contributed by atoms with Crippen molar-refractivity contribution >= 4 is 35.4 Å². The van der Waals surface area contributed by atoms with Crippen LogP contribution in [-0.2, 0) is 29.6 Å². The quantitative estimate of drug-likeness (QED) is 0.110. The molecule has 0 amide bonds. The second-order valence-corrected chi connectivity index (χ2v) is 22.6. The van der Waals surface area contributed by atoms with Crippen LogP contribution in [0.5, 0.6) is 0 Å². The van der Waals surface area contributed by atoms with Crippen molar-refractivity contribution in [3.63, 3.8) is 0 Å². The Bertz CT molecular complexity index is 1010. The number of hydrogen-bond acceptors (Lipinski definition) is 0. The fraction of sp³-hybridized carbons (Fsp3) is 0.429. The molecule has 0 saturated heterocycles. The van der Waals surface area contributed by atoms with Crippen molar-refractivity contribution in [3.8, 4) is 0 Å². The molecular weight excluding hydrogens is 734 g/mol. The summed E-state index contributed by atoms with van der Waals surface area (Å²) in [5.41, 5.74) is 3.08. The topological polar surface area (TPSA) is 0 Å². The first-order valence-corrected chi connectivity index (χ1v) is 21.2. The van der Waals surface area contributed by atoms with Gasteiger partial charge in [-0.3, -0.25) is 0 Å². The molecule has 4 rings (SSSR count). The Morgan fingerprint density at radius 2 is 0.681 bits per heavy atom. The van der Waals surface area contributed by atoms with Gasteiger partial charge >= 0.3 is 27.0 Å². The molecule has 1 unspecified atom stereocenters. The van der Waals surface area contributed by atoms with Gasteiger partial charge in [-0.1, -0.05) is 123 Å². The molecule has 0 bridgehead atoms. The van der Waals surface area contributed by atoms with Crippen molar-refractivity contribution in [2.24, 2.45) is 0 Å². The number of rotatable bonds is 4. The normalized spacial score (nSPS) is 11.1. The van der Waals surface area contributed by atoms with Gasteiger partial charge in [-0.2, -0.15) is 119 Å². The van der Waals surface area contributed by atoms with Crippen LogP contribution in [0, 0.1) is 18.2 Å². The van der Waals surface area contributed by atoms with Gasteiger partial charge in [-0.25, -0.2) is 0 Å². The molecule has 4 aromatic rings. The minimum atomic E-state index is -0.0916. The summed E-state index contributed by atoms with van der Waals surface area (Å²) in [7, 11) is 4.39. The smallest absolute Gasteiger partial charge is 0.171 e. The Hall–Kier alpha value is -0.917. The zero-order valence-electron chi connectivity index (χ0n) is 31.2. The van der Waals surface area contributed by atoms with Gasteiger partial charge in [0, 0.05) is 0 Å². The number of hydrogen-bond donors (Lipinski definition) is 0. The summed E-state index contributed by atoms with van der Waals surface area (Å²) in [5.74, 6) is 0. The fourth-order valence-electron chi connectivity index (χ4n) is 5.18. The van der Waals surface area contributed by atoms with Gasteiger partial charge in [-0.15, -0.1) is 0 Å². The Balaban J connectivity index is 0. The monoisotopic (exact) mass is 796 g/mol. The van der Waals surface area contributed by atoms with Crippen molar-refractivity contribution in [1.82, 2.24) is 0 Å². The maximum atomic E-state index is 4.57. The van der Waals surface area contributed by atoms with Crippen molar-refractivity contribution in [1.29, 1.82) is 0 Å². The van der Waals surface area contributed by atoms with Crippen LogP contribution in [-0.4, -0.2) is 20.6 Å². The van der Waals surface area contributed by atoms with Crippen molar-refractivity contribution in [2.45, 2.75) is 116 Å². The predicted molar refractivity (Wildman–Crippen MR) is 219 cm³/mol. The standard InChI is InChI=1S/C24H44P2.3C6H5.ClH.H3P.Ru/c1-21(2,3)25(22(4,5)6)17-19-14-13-15-20(16-19)18-26(23(7,8)9)24(10,11)12;3*1-2-4-6-5-3-1;;;/h13-16H,17-18H2,1-12H3;3*1-5H;1H;1H3;/q;3*-1;;;+4/p-1. The third-order valence-electron chi connectivity index (χ3n) is 6.73. The molecule has 260 valence electrons. The summed E-state index contributed by atoms with van der Waals surface area (Å²) in [6.45, 7) is 29.1. The van der Waals surface area contributed by atoms with E-state index in [0.29, 0.717) is 20.6 Å². The van der Waals surface area contributed by atoms with E-state index in [4.69, 9.17) is 0 Å². The zero-order chi connectivity index (χ0) is 35.3. The third-order valence-corrected chi connectivity index (χ3v) is 14.6. The van der Waals surface area contributed by atoms with Crippen LogP contribution in [0.1, 0.15) is 94.2 Å². The average molecular weight is 796 g/mol. The molecule has 0 aliphatic carbocycles. The van der Waals surface area contributed by atoms with Crippen LogP contribution >= 0.6 is 35.4 Å². The fourth-order valence-corrected chi connectivity index (χ4v) is 12.2. The molecule has 0 heterocycles. The Kier molecular flexibility index (Phi) is 25.7. The van der Waals surface area contributed by atoms with Gasteiger partial charge in [0.2, 0.25) is 0 Å². The summed E-state index contributed by atoms with van der Waals surface area (Å²) in [6.07, 6.45) is 2.47. The van der Waals surface area contributed by atoms with Crippen LogP contribution < -0.4 is 0 Å².